The second-order valence-corrected chi connectivity index (χ2v) is 8.34. The zero-order chi connectivity index (χ0) is 25.7. The fourth-order valence-electron chi connectivity index (χ4n) is 4.22. The highest BCUT2D eigenvalue weighted by atomic mass is 19.4. The maximum absolute atomic E-state index is 14.7. The lowest BCUT2D eigenvalue weighted by Crippen LogP contribution is -2.52. The number of rotatable bonds is 5. The van der Waals surface area contributed by atoms with Crippen molar-refractivity contribution in [2.24, 2.45) is 7.05 Å². The van der Waals surface area contributed by atoms with Crippen molar-refractivity contribution in [1.82, 2.24) is 14.3 Å². The lowest BCUT2D eigenvalue weighted by atomic mass is 9.96. The van der Waals surface area contributed by atoms with Crippen LogP contribution in [0.5, 0.6) is 0 Å². The van der Waals surface area contributed by atoms with Gasteiger partial charge >= 0.3 is 6.18 Å². The van der Waals surface area contributed by atoms with Crippen molar-refractivity contribution in [1.29, 1.82) is 0 Å². The first-order valence-electron chi connectivity index (χ1n) is 10.5. The fourth-order valence-corrected chi connectivity index (χ4v) is 4.22. The third kappa shape index (κ3) is 4.07. The van der Waals surface area contributed by atoms with Crippen molar-refractivity contribution < 1.29 is 31.1 Å². The van der Waals surface area contributed by atoms with Gasteiger partial charge in [-0.15, -0.1) is 0 Å². The molecule has 1 aromatic carbocycles. The molecule has 0 radical (unpaired) electrons. The van der Waals surface area contributed by atoms with Gasteiger partial charge in [0.15, 0.2) is 11.4 Å². The van der Waals surface area contributed by atoms with Gasteiger partial charge in [-0.25, -0.2) is 17.9 Å². The number of hydrogen-bond donors (Lipinski definition) is 1. The number of pyridine rings is 1. The highest BCUT2D eigenvalue weighted by molar-refractivity contribution is 5.90. The van der Waals surface area contributed by atoms with Crippen LogP contribution in [0.2, 0.25) is 0 Å². The Bertz CT molecular complexity index is 1390. The number of nitrogens with one attached hydrogen (secondary N) is 1. The molecule has 0 saturated carbocycles. The summed E-state index contributed by atoms with van der Waals surface area (Å²) >= 11 is 0. The van der Waals surface area contributed by atoms with E-state index in [0.29, 0.717) is 4.57 Å². The lowest BCUT2D eigenvalue weighted by molar-refractivity contribution is -0.214. The van der Waals surface area contributed by atoms with Crippen LogP contribution in [0.25, 0.3) is 10.8 Å². The van der Waals surface area contributed by atoms with Gasteiger partial charge in [0.2, 0.25) is 0 Å². The summed E-state index contributed by atoms with van der Waals surface area (Å²) in [6, 6.07) is 3.27. The van der Waals surface area contributed by atoms with E-state index in [2.05, 4.69) is 10.4 Å². The maximum Gasteiger partial charge on any atom is 0.414 e. The largest absolute Gasteiger partial charge is 0.414 e. The average Bonchev–Trinajstić information content (AvgIpc) is 3.28. The molecule has 1 aliphatic heterocycles. The van der Waals surface area contributed by atoms with Crippen LogP contribution < -0.4 is 16.4 Å². The van der Waals surface area contributed by atoms with Gasteiger partial charge in [-0.3, -0.25) is 14.2 Å². The zero-order valence-corrected chi connectivity index (χ0v) is 18.5. The summed E-state index contributed by atoms with van der Waals surface area (Å²) in [5, 5.41) is 6.48. The van der Waals surface area contributed by atoms with Gasteiger partial charge in [-0.2, -0.15) is 18.3 Å². The molecule has 1 N–H and O–H groups in total. The lowest BCUT2D eigenvalue weighted by Gasteiger charge is -2.32. The van der Waals surface area contributed by atoms with E-state index in [0.717, 1.165) is 23.0 Å². The van der Waals surface area contributed by atoms with Gasteiger partial charge in [-0.05, 0) is 6.92 Å². The molecule has 2 aromatic heterocycles. The van der Waals surface area contributed by atoms with Crippen LogP contribution in [0.15, 0.2) is 40.1 Å². The molecule has 7 nitrogen and oxygen atoms in total. The molecule has 1 saturated heterocycles. The number of aryl methyl sites for hydroxylation is 1. The second-order valence-electron chi connectivity index (χ2n) is 8.34. The first-order valence-corrected chi connectivity index (χ1v) is 10.5. The minimum absolute atomic E-state index is 0.125. The Kier molecular flexibility index (Phi) is 6.16. The van der Waals surface area contributed by atoms with E-state index < -0.39 is 59.7 Å². The first kappa shape index (κ1) is 24.8. The second kappa shape index (κ2) is 8.70. The first-order chi connectivity index (χ1) is 16.4. The van der Waals surface area contributed by atoms with Crippen molar-refractivity contribution in [2.75, 3.05) is 18.5 Å². The Hall–Kier alpha value is -3.35. The number of benzene rings is 1. The van der Waals surface area contributed by atoms with Crippen LogP contribution in [0, 0.1) is 5.82 Å². The normalized spacial score (nSPS) is 19.5. The van der Waals surface area contributed by atoms with Gasteiger partial charge < -0.3 is 10.1 Å². The predicted octanol–water partition coefficient (Wildman–Crippen LogP) is 4.02. The molecule has 1 unspecified atom stereocenters. The van der Waals surface area contributed by atoms with Crippen LogP contribution in [-0.2, 0) is 17.3 Å². The summed E-state index contributed by atoms with van der Waals surface area (Å²) in [4.78, 5) is 25.3. The van der Waals surface area contributed by atoms with E-state index in [9.17, 15) is 35.9 Å². The number of anilines is 1. The molecule has 2 atom stereocenters. The molecule has 0 bridgehead atoms. The number of hydrogen-bond acceptors (Lipinski definition) is 5. The molecular weight excluding hydrogens is 482 g/mol. The quantitative estimate of drug-likeness (QED) is 0.534. The monoisotopic (exact) mass is 502 g/mol. The Morgan fingerprint density at radius 2 is 1.86 bits per heavy atom. The minimum Gasteiger partial charge on any atom is -0.379 e. The van der Waals surface area contributed by atoms with Crippen molar-refractivity contribution in [3.63, 3.8) is 0 Å². The van der Waals surface area contributed by atoms with E-state index in [1.165, 1.54) is 26.1 Å². The number of aromatic nitrogens is 3. The molecule has 1 aliphatic rings. The predicted molar refractivity (Wildman–Crippen MR) is 114 cm³/mol. The van der Waals surface area contributed by atoms with E-state index in [1.807, 2.05) is 0 Å². The summed E-state index contributed by atoms with van der Waals surface area (Å²) in [5.74, 6) is -1.28. The number of nitrogens with zero attached hydrogens (tertiary/aromatic N) is 3. The van der Waals surface area contributed by atoms with Crippen LogP contribution in [0.3, 0.4) is 0 Å². The van der Waals surface area contributed by atoms with Gasteiger partial charge in [0, 0.05) is 43.3 Å². The van der Waals surface area contributed by atoms with E-state index >= 15 is 0 Å². The zero-order valence-electron chi connectivity index (χ0n) is 18.5. The molecule has 4 rings (SSSR count). The molecule has 3 aromatic rings. The molecule has 3 heterocycles. The molecular formula is C22H20F6N4O3. The van der Waals surface area contributed by atoms with Gasteiger partial charge in [0.1, 0.15) is 5.82 Å². The fraction of sp³-hybridized carbons (Fsp3) is 0.409. The highest BCUT2D eigenvalue weighted by Crippen LogP contribution is 2.42. The maximum atomic E-state index is 14.7. The highest BCUT2D eigenvalue weighted by Gasteiger charge is 2.59. The molecule has 0 aliphatic carbocycles. The van der Waals surface area contributed by atoms with Gasteiger partial charge in [0.25, 0.3) is 17.5 Å². The third-order valence-corrected chi connectivity index (χ3v) is 6.19. The molecule has 188 valence electrons. The number of alkyl halides is 5. The molecule has 0 spiro atoms. The van der Waals surface area contributed by atoms with E-state index in [4.69, 9.17) is 4.74 Å². The summed E-state index contributed by atoms with van der Waals surface area (Å²) in [6.07, 6.45) is -7.52. The number of ether oxygens (including phenoxy) is 1. The van der Waals surface area contributed by atoms with Gasteiger partial charge in [0.05, 0.1) is 23.6 Å². The number of halogens is 6. The van der Waals surface area contributed by atoms with E-state index in [-0.39, 0.29) is 28.8 Å². The molecule has 0 amide bonds. The molecule has 35 heavy (non-hydrogen) atoms. The Morgan fingerprint density at radius 3 is 2.46 bits per heavy atom. The minimum atomic E-state index is -4.84. The third-order valence-electron chi connectivity index (χ3n) is 6.19. The van der Waals surface area contributed by atoms with Crippen LogP contribution >= 0.6 is 0 Å². The Balaban J connectivity index is 1.89. The standard InChI is InChI=1S/C22H20F6N4O3/c1-11(12-4-3-5-13(17(12)23)18(24)25)29-19-15-9-32(21(22(26,27)28)6-7-35-10-21)16(33)8-14(15)20(34)31(2)30-19/h3-5,8-9,11,18H,6-7,10H2,1-2H3,(H,29,30)/t11-,21?/m1/s1. The van der Waals surface area contributed by atoms with Crippen LogP contribution in [0.1, 0.15) is 36.9 Å². The topological polar surface area (TPSA) is 78.2 Å². The van der Waals surface area contributed by atoms with Crippen molar-refractivity contribution in [2.45, 2.75) is 37.5 Å². The van der Waals surface area contributed by atoms with Crippen molar-refractivity contribution in [3.05, 3.63) is 68.1 Å². The molecule has 1 fully saturated rings. The average molecular weight is 502 g/mol. The smallest absolute Gasteiger partial charge is 0.379 e. The van der Waals surface area contributed by atoms with E-state index in [1.54, 1.807) is 0 Å². The molecule has 13 heteroatoms. The Labute approximate surface area is 193 Å². The Morgan fingerprint density at radius 1 is 1.17 bits per heavy atom. The summed E-state index contributed by atoms with van der Waals surface area (Å²) in [5.41, 5.74) is -5.39. The van der Waals surface area contributed by atoms with Crippen molar-refractivity contribution in [3.8, 4) is 0 Å². The summed E-state index contributed by atoms with van der Waals surface area (Å²) < 4.78 is 89.4. The van der Waals surface area contributed by atoms with Gasteiger partial charge in [-0.1, -0.05) is 18.2 Å². The number of fused-ring (bicyclic) bond motifs is 1. The van der Waals surface area contributed by atoms with Crippen LogP contribution in [0.4, 0.5) is 32.2 Å². The van der Waals surface area contributed by atoms with Crippen molar-refractivity contribution >= 4 is 16.6 Å². The van der Waals surface area contributed by atoms with Crippen LogP contribution in [-0.4, -0.2) is 33.7 Å². The summed E-state index contributed by atoms with van der Waals surface area (Å²) in [7, 11) is 1.27. The summed E-state index contributed by atoms with van der Waals surface area (Å²) in [6.45, 7) is 0.427. The SMILES string of the molecule is C[C@@H](Nc1nn(C)c(=O)c2cc(=O)n(C3(C(F)(F)F)CCOC3)cc12)c1cccc(C(F)F)c1F.